The molecule has 2 atom stereocenters. The maximum atomic E-state index is 11.4. The van der Waals surface area contributed by atoms with Crippen molar-refractivity contribution in [1.82, 2.24) is 25.5 Å². The Kier molecular flexibility index (Phi) is 2.99. The number of anilines is 1. The number of hydrogen-bond donors (Lipinski definition) is 3. The summed E-state index contributed by atoms with van der Waals surface area (Å²) >= 11 is 0. The summed E-state index contributed by atoms with van der Waals surface area (Å²) in [5, 5.41) is 10.7. The zero-order chi connectivity index (χ0) is 14.2. The van der Waals surface area contributed by atoms with E-state index in [0.29, 0.717) is 23.5 Å². The number of rotatable bonds is 2. The molecule has 7 heteroatoms. The second kappa shape index (κ2) is 5.00. The van der Waals surface area contributed by atoms with Crippen LogP contribution in [0.4, 0.5) is 5.95 Å². The van der Waals surface area contributed by atoms with Crippen LogP contribution in [0.15, 0.2) is 23.0 Å². The molecule has 0 spiro atoms. The quantitative estimate of drug-likeness (QED) is 0.741. The van der Waals surface area contributed by atoms with Crippen LogP contribution in [0.25, 0.3) is 11.5 Å². The third kappa shape index (κ3) is 2.23. The molecule has 3 N–H and O–H groups in total. The Morgan fingerprint density at radius 2 is 2.24 bits per heavy atom. The minimum absolute atomic E-state index is 0.136. The van der Waals surface area contributed by atoms with Crippen LogP contribution < -0.4 is 15.8 Å². The maximum Gasteiger partial charge on any atom is 0.248 e. The van der Waals surface area contributed by atoms with Gasteiger partial charge >= 0.3 is 0 Å². The van der Waals surface area contributed by atoms with Crippen LogP contribution in [-0.2, 0) is 0 Å². The van der Waals surface area contributed by atoms with Gasteiger partial charge in [-0.25, -0.2) is 0 Å². The van der Waals surface area contributed by atoms with Crippen molar-refractivity contribution >= 4 is 5.95 Å². The average Bonchev–Trinajstić information content (AvgIpc) is 3.16. The summed E-state index contributed by atoms with van der Waals surface area (Å²) in [6.07, 6.45) is 2.45. The Hall–Kier alpha value is -2.15. The molecule has 0 aliphatic carbocycles. The molecule has 7 nitrogen and oxygen atoms in total. The summed E-state index contributed by atoms with van der Waals surface area (Å²) in [4.78, 5) is 21.0. The fraction of sp³-hybridized carbons (Fsp3) is 0.500. The van der Waals surface area contributed by atoms with Crippen LogP contribution >= 0.6 is 0 Å². The van der Waals surface area contributed by atoms with E-state index < -0.39 is 0 Å². The van der Waals surface area contributed by atoms with E-state index >= 15 is 0 Å². The van der Waals surface area contributed by atoms with E-state index in [-0.39, 0.29) is 5.56 Å². The van der Waals surface area contributed by atoms with E-state index in [2.05, 4.69) is 30.4 Å². The lowest BCUT2D eigenvalue weighted by molar-refractivity contribution is 0.381. The number of aromatic nitrogens is 4. The fourth-order valence-electron chi connectivity index (χ4n) is 3.40. The van der Waals surface area contributed by atoms with E-state index in [9.17, 15) is 4.79 Å². The smallest absolute Gasteiger partial charge is 0.248 e. The highest BCUT2D eigenvalue weighted by Gasteiger charge is 2.36. The van der Waals surface area contributed by atoms with Gasteiger partial charge in [-0.3, -0.25) is 9.89 Å². The van der Waals surface area contributed by atoms with Crippen molar-refractivity contribution in [2.24, 2.45) is 5.92 Å². The second-order valence-electron chi connectivity index (χ2n) is 5.73. The first kappa shape index (κ1) is 12.6. The van der Waals surface area contributed by atoms with Gasteiger partial charge in [-0.15, -0.1) is 5.10 Å². The van der Waals surface area contributed by atoms with Gasteiger partial charge in [0.05, 0.1) is 5.69 Å². The van der Waals surface area contributed by atoms with Crippen molar-refractivity contribution in [2.45, 2.75) is 18.9 Å². The number of H-pyrrole nitrogens is 2. The lowest BCUT2D eigenvalue weighted by atomic mass is 9.92. The molecule has 2 aromatic rings. The lowest BCUT2D eigenvalue weighted by Crippen LogP contribution is -2.45. The van der Waals surface area contributed by atoms with Crippen LogP contribution in [0.5, 0.6) is 0 Å². The topological polar surface area (TPSA) is 89.7 Å². The van der Waals surface area contributed by atoms with Crippen molar-refractivity contribution in [3.8, 4) is 11.5 Å². The monoisotopic (exact) mass is 286 g/mol. The number of aromatic amines is 2. The molecule has 0 amide bonds. The molecule has 4 heterocycles. The average molecular weight is 286 g/mol. The molecule has 0 bridgehead atoms. The molecule has 2 saturated heterocycles. The van der Waals surface area contributed by atoms with Gasteiger partial charge in [0, 0.05) is 31.7 Å². The minimum Gasteiger partial charge on any atom is -0.335 e. The predicted octanol–water partition coefficient (Wildman–Crippen LogP) is 0.348. The van der Waals surface area contributed by atoms with E-state index in [4.69, 9.17) is 0 Å². The molecular formula is C14H18N6O. The summed E-state index contributed by atoms with van der Waals surface area (Å²) in [6.45, 7) is 3.08. The first-order valence-electron chi connectivity index (χ1n) is 7.41. The van der Waals surface area contributed by atoms with Crippen molar-refractivity contribution in [3.05, 3.63) is 28.6 Å². The zero-order valence-corrected chi connectivity index (χ0v) is 11.7. The van der Waals surface area contributed by atoms with E-state index in [0.717, 1.165) is 25.6 Å². The van der Waals surface area contributed by atoms with Crippen LogP contribution in [0.2, 0.25) is 0 Å². The van der Waals surface area contributed by atoms with Gasteiger partial charge in [-0.2, -0.15) is 4.98 Å². The highest BCUT2D eigenvalue weighted by Crippen LogP contribution is 2.29. The fourth-order valence-corrected chi connectivity index (χ4v) is 3.40. The number of piperidine rings is 1. The van der Waals surface area contributed by atoms with Gasteiger partial charge in [0.25, 0.3) is 0 Å². The summed E-state index contributed by atoms with van der Waals surface area (Å²) in [7, 11) is 0. The van der Waals surface area contributed by atoms with E-state index in [1.165, 1.54) is 18.9 Å². The van der Waals surface area contributed by atoms with E-state index in [1.54, 1.807) is 6.07 Å². The first-order chi connectivity index (χ1) is 10.3. The molecular weight excluding hydrogens is 268 g/mol. The highest BCUT2D eigenvalue weighted by atomic mass is 16.1. The normalized spacial score (nSPS) is 25.0. The largest absolute Gasteiger partial charge is 0.335 e. The molecule has 2 aliphatic rings. The number of hydrogen-bond acceptors (Lipinski definition) is 5. The number of nitrogens with one attached hydrogen (secondary N) is 3. The van der Waals surface area contributed by atoms with Gasteiger partial charge in [-0.05, 0) is 24.8 Å². The van der Waals surface area contributed by atoms with Gasteiger partial charge < -0.3 is 15.2 Å². The molecule has 2 unspecified atom stereocenters. The molecule has 0 radical (unpaired) electrons. The van der Waals surface area contributed by atoms with Crippen LogP contribution in [-0.4, -0.2) is 45.8 Å². The summed E-state index contributed by atoms with van der Waals surface area (Å²) < 4.78 is 0. The summed E-state index contributed by atoms with van der Waals surface area (Å²) in [5.74, 6) is 2.03. The van der Waals surface area contributed by atoms with Crippen LogP contribution in [0, 0.1) is 5.92 Å². The Balaban J connectivity index is 1.63. The molecule has 0 saturated carbocycles. The Morgan fingerprint density at radius 1 is 1.29 bits per heavy atom. The molecule has 4 rings (SSSR count). The van der Waals surface area contributed by atoms with Crippen molar-refractivity contribution in [2.75, 3.05) is 24.5 Å². The molecule has 21 heavy (non-hydrogen) atoms. The molecule has 110 valence electrons. The van der Waals surface area contributed by atoms with Crippen molar-refractivity contribution in [1.29, 1.82) is 0 Å². The Bertz CT molecular complexity index is 693. The molecule has 2 aromatic heterocycles. The van der Waals surface area contributed by atoms with Crippen molar-refractivity contribution < 1.29 is 0 Å². The summed E-state index contributed by atoms with van der Waals surface area (Å²) in [6, 6.07) is 5.51. The third-order valence-corrected chi connectivity index (χ3v) is 4.43. The summed E-state index contributed by atoms with van der Waals surface area (Å²) in [5.41, 5.74) is 0.530. The molecule has 2 fully saturated rings. The number of pyridine rings is 1. The Morgan fingerprint density at radius 3 is 3.14 bits per heavy atom. The SMILES string of the molecule is O=c1cccc(-c2nc(N3CCCC4CNCC43)n[nH]2)[nH]1. The number of nitrogens with zero attached hydrogens (tertiary/aromatic N) is 3. The lowest BCUT2D eigenvalue weighted by Gasteiger charge is -2.36. The maximum absolute atomic E-state index is 11.4. The minimum atomic E-state index is -0.136. The van der Waals surface area contributed by atoms with Crippen molar-refractivity contribution in [3.63, 3.8) is 0 Å². The standard InChI is InChI=1S/C14H18N6O/c21-12-5-1-4-10(16-12)13-17-14(19-18-13)20-6-2-3-9-7-15-8-11(9)20/h1,4-5,9,11,15H,2-3,6-8H2,(H,16,21)(H,17,18,19). The van der Waals surface area contributed by atoms with E-state index in [1.807, 2.05) is 6.07 Å². The molecule has 0 aromatic carbocycles. The zero-order valence-electron chi connectivity index (χ0n) is 11.7. The first-order valence-corrected chi connectivity index (χ1v) is 7.41. The second-order valence-corrected chi connectivity index (χ2v) is 5.73. The third-order valence-electron chi connectivity index (χ3n) is 4.43. The van der Waals surface area contributed by atoms with Gasteiger partial charge in [0.15, 0.2) is 5.82 Å². The molecule has 2 aliphatic heterocycles. The number of fused-ring (bicyclic) bond motifs is 1. The van der Waals surface area contributed by atoms with Gasteiger partial charge in [0.1, 0.15) is 0 Å². The highest BCUT2D eigenvalue weighted by molar-refractivity contribution is 5.51. The Labute approximate surface area is 121 Å². The van der Waals surface area contributed by atoms with Crippen LogP contribution in [0.1, 0.15) is 12.8 Å². The van der Waals surface area contributed by atoms with Crippen LogP contribution in [0.3, 0.4) is 0 Å². The van der Waals surface area contributed by atoms with Gasteiger partial charge in [-0.1, -0.05) is 6.07 Å². The van der Waals surface area contributed by atoms with Gasteiger partial charge in [0.2, 0.25) is 11.5 Å². The predicted molar refractivity (Wildman–Crippen MR) is 79.2 cm³/mol.